The number of rotatable bonds is 13. The number of hydrogen-bond donors (Lipinski definition) is 6. The molecule has 0 saturated heterocycles. The van der Waals surface area contributed by atoms with Gasteiger partial charge in [-0.15, -0.1) is 15.3 Å². The number of fused-ring (bicyclic) bond motifs is 2. The number of ether oxygens (including phenoxy) is 2. The molecule has 6 N–H and O–H groups in total. The Morgan fingerprint density at radius 2 is 1.41 bits per heavy atom. The SMILES string of the molecule is COc1cc(N=Nc2c(C)cc3cc(NCOc4ccc(Nc5nc(Cl)nc(NCO)n5)cc4)ccc3c2O)c(O)cc1N=Nc1ccc2c(C)cc(C)cc2c1.[Cu]. The van der Waals surface area contributed by atoms with Gasteiger partial charge in [0.25, 0.3) is 0 Å². The third-order valence-electron chi connectivity index (χ3n) is 8.84. The van der Waals surface area contributed by atoms with Crippen LogP contribution in [0, 0.1) is 20.8 Å². The number of halogens is 1. The number of aromatic hydroxyl groups is 2. The van der Waals surface area contributed by atoms with Crippen LogP contribution < -0.4 is 25.4 Å². The molecule has 7 rings (SSSR count). The summed E-state index contributed by atoms with van der Waals surface area (Å²) in [5, 5.41) is 60.8. The van der Waals surface area contributed by atoms with Crippen LogP contribution in [0.25, 0.3) is 21.5 Å². The van der Waals surface area contributed by atoms with Crippen molar-refractivity contribution >= 4 is 79.2 Å². The number of phenols is 2. The quantitative estimate of drug-likeness (QED) is 0.0366. The molecule has 0 aliphatic heterocycles. The van der Waals surface area contributed by atoms with Crippen molar-refractivity contribution in [1.82, 2.24) is 15.0 Å². The average Bonchev–Trinajstić information content (AvgIpc) is 3.18. The number of methoxy groups -OCH3 is 1. The summed E-state index contributed by atoms with van der Waals surface area (Å²) in [5.74, 6) is 1.06. The van der Waals surface area contributed by atoms with Gasteiger partial charge in [-0.25, -0.2) is 0 Å². The molecular formula is C41H37ClCuN10O5. The number of nitrogens with one attached hydrogen (secondary N) is 3. The van der Waals surface area contributed by atoms with E-state index < -0.39 is 0 Å². The van der Waals surface area contributed by atoms with Gasteiger partial charge < -0.3 is 40.7 Å². The van der Waals surface area contributed by atoms with E-state index >= 15 is 0 Å². The first-order valence-electron chi connectivity index (χ1n) is 17.6. The number of benzene rings is 6. The number of nitrogens with zero attached hydrogens (tertiary/aromatic N) is 7. The van der Waals surface area contributed by atoms with E-state index in [-0.39, 0.29) is 70.6 Å². The summed E-state index contributed by atoms with van der Waals surface area (Å²) >= 11 is 5.94. The minimum absolute atomic E-state index is 0. The van der Waals surface area contributed by atoms with Crippen LogP contribution in [0.15, 0.2) is 111 Å². The summed E-state index contributed by atoms with van der Waals surface area (Å²) in [4.78, 5) is 12.1. The van der Waals surface area contributed by atoms with Crippen LogP contribution in [0.1, 0.15) is 16.7 Å². The number of azo groups is 2. The maximum Gasteiger partial charge on any atom is 0.233 e. The predicted octanol–water partition coefficient (Wildman–Crippen LogP) is 10.6. The standard InChI is InChI=1S/C41H37ClN10O5.Cu/c1-22-13-23(2)31-11-8-29(17-25(31)14-22)49-51-34-18-35(54)33(19-36(34)56-4)50-52-37-24(3)15-26-16-28(7-12-32(26)38(37)55)44-21-57-30-9-5-27(6-10-30)45-41-47-39(42)46-40(48-41)43-20-53;/h5-19,44,53-55H,20-21H2,1-4H3,(H2,43,45,46,47,48);. The summed E-state index contributed by atoms with van der Waals surface area (Å²) in [5.41, 5.74) is 5.84. The summed E-state index contributed by atoms with van der Waals surface area (Å²) < 4.78 is 11.4. The Morgan fingerprint density at radius 1 is 0.690 bits per heavy atom. The first kappa shape index (κ1) is 41.1. The summed E-state index contributed by atoms with van der Waals surface area (Å²) in [6.07, 6.45) is 0. The number of phenolic OH excluding ortho intramolecular Hbond substituents is 2. The molecule has 58 heavy (non-hydrogen) atoms. The fraction of sp³-hybridized carbons (Fsp3) is 0.146. The molecule has 17 heteroatoms. The van der Waals surface area contributed by atoms with Crippen LogP contribution in [-0.4, -0.2) is 50.8 Å². The van der Waals surface area contributed by atoms with Crippen LogP contribution in [-0.2, 0) is 17.1 Å². The van der Waals surface area contributed by atoms with E-state index in [0.29, 0.717) is 39.5 Å². The van der Waals surface area contributed by atoms with Crippen LogP contribution in [0.2, 0.25) is 5.28 Å². The van der Waals surface area contributed by atoms with E-state index in [1.807, 2.05) is 43.3 Å². The summed E-state index contributed by atoms with van der Waals surface area (Å²) in [6.45, 7) is 5.77. The zero-order chi connectivity index (χ0) is 40.1. The first-order valence-corrected chi connectivity index (χ1v) is 18.0. The number of aliphatic hydroxyl groups excluding tert-OH is 1. The Labute approximate surface area is 348 Å². The van der Waals surface area contributed by atoms with Crippen molar-refractivity contribution in [2.45, 2.75) is 20.8 Å². The Morgan fingerprint density at radius 3 is 2.19 bits per heavy atom. The number of aryl methyl sites for hydroxylation is 3. The zero-order valence-electron chi connectivity index (χ0n) is 31.5. The van der Waals surface area contributed by atoms with Gasteiger partial charge in [0.2, 0.25) is 17.2 Å². The van der Waals surface area contributed by atoms with E-state index in [0.717, 1.165) is 27.4 Å². The maximum absolute atomic E-state index is 11.2. The van der Waals surface area contributed by atoms with Gasteiger partial charge in [-0.05, 0) is 120 Å². The molecule has 0 saturated carbocycles. The molecule has 1 radical (unpaired) electrons. The third-order valence-corrected chi connectivity index (χ3v) is 9.01. The van der Waals surface area contributed by atoms with E-state index in [9.17, 15) is 10.2 Å². The molecule has 0 bridgehead atoms. The molecule has 0 fully saturated rings. The van der Waals surface area contributed by atoms with Crippen molar-refractivity contribution < 1.29 is 41.9 Å². The molecule has 0 amide bonds. The van der Waals surface area contributed by atoms with Crippen molar-refractivity contribution in [3.63, 3.8) is 0 Å². The van der Waals surface area contributed by atoms with Crippen LogP contribution in [0.3, 0.4) is 0 Å². The Hall–Kier alpha value is -6.58. The van der Waals surface area contributed by atoms with Crippen molar-refractivity contribution in [3.05, 3.63) is 113 Å². The summed E-state index contributed by atoms with van der Waals surface area (Å²) in [6, 6.07) is 27.6. The molecule has 0 atom stereocenters. The van der Waals surface area contributed by atoms with E-state index in [4.69, 9.17) is 26.2 Å². The predicted molar refractivity (Wildman–Crippen MR) is 221 cm³/mol. The van der Waals surface area contributed by atoms with Gasteiger partial charge >= 0.3 is 0 Å². The molecule has 1 heterocycles. The van der Waals surface area contributed by atoms with Crippen LogP contribution >= 0.6 is 11.6 Å². The van der Waals surface area contributed by atoms with Gasteiger partial charge in [0.15, 0.2) is 12.5 Å². The first-order chi connectivity index (χ1) is 27.6. The Bertz CT molecular complexity index is 2680. The van der Waals surface area contributed by atoms with Gasteiger partial charge in [0.1, 0.15) is 41.0 Å². The third kappa shape index (κ3) is 9.50. The number of aliphatic hydroxyl groups is 1. The number of anilines is 4. The fourth-order valence-corrected chi connectivity index (χ4v) is 6.31. The smallest absolute Gasteiger partial charge is 0.233 e. The maximum atomic E-state index is 11.2. The van der Waals surface area contributed by atoms with E-state index in [1.165, 1.54) is 24.8 Å². The summed E-state index contributed by atoms with van der Waals surface area (Å²) in [7, 11) is 1.49. The van der Waals surface area contributed by atoms with Gasteiger partial charge in [-0.2, -0.15) is 20.1 Å². The minimum Gasteiger partial charge on any atom is -0.506 e. The zero-order valence-corrected chi connectivity index (χ0v) is 33.2. The molecule has 0 unspecified atom stereocenters. The Kier molecular flexibility index (Phi) is 12.8. The van der Waals surface area contributed by atoms with Gasteiger partial charge in [-0.3, -0.25) is 0 Å². The second kappa shape index (κ2) is 18.1. The van der Waals surface area contributed by atoms with Crippen LogP contribution in [0.5, 0.6) is 23.0 Å². The van der Waals surface area contributed by atoms with Gasteiger partial charge in [-0.1, -0.05) is 23.8 Å². The van der Waals surface area contributed by atoms with Gasteiger partial charge in [0, 0.05) is 46.0 Å². The van der Waals surface area contributed by atoms with E-state index in [2.05, 4.69) is 77.3 Å². The normalized spacial score (nSPS) is 11.3. The van der Waals surface area contributed by atoms with Crippen molar-refractivity contribution in [3.8, 4) is 23.0 Å². The van der Waals surface area contributed by atoms with Crippen LogP contribution in [0.4, 0.5) is 46.0 Å². The molecular weight excluding hydrogens is 812 g/mol. The number of hydrogen-bond acceptors (Lipinski definition) is 15. The monoisotopic (exact) mass is 847 g/mol. The van der Waals surface area contributed by atoms with Gasteiger partial charge in [0.05, 0.1) is 12.8 Å². The second-order valence-corrected chi connectivity index (χ2v) is 13.3. The van der Waals surface area contributed by atoms with Crippen molar-refractivity contribution in [2.75, 3.05) is 36.5 Å². The van der Waals surface area contributed by atoms with Crippen molar-refractivity contribution in [1.29, 1.82) is 0 Å². The fourth-order valence-electron chi connectivity index (χ4n) is 6.15. The molecule has 15 nitrogen and oxygen atoms in total. The molecule has 7 aromatic rings. The molecule has 0 spiro atoms. The number of aromatic nitrogens is 3. The molecule has 0 aliphatic carbocycles. The van der Waals surface area contributed by atoms with Crippen molar-refractivity contribution in [2.24, 2.45) is 20.5 Å². The average molecular weight is 849 g/mol. The minimum atomic E-state index is -0.348. The largest absolute Gasteiger partial charge is 0.506 e. The molecule has 0 aliphatic rings. The molecule has 6 aromatic carbocycles. The topological polar surface area (TPSA) is 203 Å². The molecule has 299 valence electrons. The Balaban J connectivity index is 0.00000567. The van der Waals surface area contributed by atoms with E-state index in [1.54, 1.807) is 30.3 Å². The second-order valence-electron chi connectivity index (χ2n) is 12.9. The molecule has 1 aromatic heterocycles.